The minimum Gasteiger partial charge on any atom is -0.396 e. The molecule has 6 nitrogen and oxygen atoms in total. The standard InChI is InChI=1S/C19H22FN3O3S/c1-12-6-7-13(10-15(12)20)21-17(25)11-27-18-14-4-2-5-16(14)23(8-3-9-24)19(26)22-18/h6-7,10,24H,2-5,8-9,11H2,1H3,(H,21,25). The molecule has 0 radical (unpaired) electrons. The van der Waals surface area contributed by atoms with E-state index in [2.05, 4.69) is 10.3 Å². The van der Waals surface area contributed by atoms with Crippen molar-refractivity contribution >= 4 is 23.4 Å². The molecule has 0 spiro atoms. The number of benzene rings is 1. The highest BCUT2D eigenvalue weighted by Crippen LogP contribution is 2.29. The van der Waals surface area contributed by atoms with Gasteiger partial charge in [-0.15, -0.1) is 0 Å². The van der Waals surface area contributed by atoms with Crippen LogP contribution >= 0.6 is 11.8 Å². The zero-order chi connectivity index (χ0) is 19.4. The van der Waals surface area contributed by atoms with Crippen molar-refractivity contribution in [2.45, 2.75) is 44.2 Å². The molecule has 144 valence electrons. The van der Waals surface area contributed by atoms with Crippen LogP contribution in [0.15, 0.2) is 28.0 Å². The number of fused-ring (bicyclic) bond motifs is 1. The van der Waals surface area contributed by atoms with E-state index in [1.54, 1.807) is 23.6 Å². The van der Waals surface area contributed by atoms with Gasteiger partial charge in [0, 0.05) is 30.1 Å². The van der Waals surface area contributed by atoms with Gasteiger partial charge in [0.25, 0.3) is 0 Å². The summed E-state index contributed by atoms with van der Waals surface area (Å²) in [5.41, 5.74) is 2.57. The smallest absolute Gasteiger partial charge is 0.348 e. The number of carbonyl (C=O) groups excluding carboxylic acids is 1. The van der Waals surface area contributed by atoms with Crippen LogP contribution in [0.3, 0.4) is 0 Å². The maximum absolute atomic E-state index is 13.6. The molecule has 0 atom stereocenters. The van der Waals surface area contributed by atoms with E-state index in [0.29, 0.717) is 29.2 Å². The first-order chi connectivity index (χ1) is 13.0. The van der Waals surface area contributed by atoms with Crippen molar-refractivity contribution in [3.8, 4) is 0 Å². The van der Waals surface area contributed by atoms with Gasteiger partial charge in [0.1, 0.15) is 10.8 Å². The van der Waals surface area contributed by atoms with Gasteiger partial charge in [0.05, 0.1) is 5.75 Å². The fourth-order valence-corrected chi connectivity index (χ4v) is 4.04. The number of halogens is 1. The van der Waals surface area contributed by atoms with Crippen molar-refractivity contribution < 1.29 is 14.3 Å². The van der Waals surface area contributed by atoms with Crippen LogP contribution in [0.25, 0.3) is 0 Å². The summed E-state index contributed by atoms with van der Waals surface area (Å²) < 4.78 is 15.2. The van der Waals surface area contributed by atoms with E-state index in [9.17, 15) is 14.0 Å². The molecule has 3 rings (SSSR count). The van der Waals surface area contributed by atoms with Gasteiger partial charge >= 0.3 is 5.69 Å². The molecule has 2 aromatic rings. The molecule has 0 bridgehead atoms. The summed E-state index contributed by atoms with van der Waals surface area (Å²) in [7, 11) is 0. The number of hydrogen-bond donors (Lipinski definition) is 2. The lowest BCUT2D eigenvalue weighted by Gasteiger charge is -2.13. The Bertz CT molecular complexity index is 914. The van der Waals surface area contributed by atoms with Gasteiger partial charge in [-0.2, -0.15) is 4.98 Å². The quantitative estimate of drug-likeness (QED) is 0.559. The third-order valence-corrected chi connectivity index (χ3v) is 5.55. The monoisotopic (exact) mass is 391 g/mol. The Kier molecular flexibility index (Phi) is 6.28. The molecule has 0 unspecified atom stereocenters. The summed E-state index contributed by atoms with van der Waals surface area (Å²) in [6, 6.07) is 4.55. The normalized spacial score (nSPS) is 12.9. The zero-order valence-corrected chi connectivity index (χ0v) is 15.9. The average molecular weight is 391 g/mol. The Morgan fingerprint density at radius 2 is 2.22 bits per heavy atom. The van der Waals surface area contributed by atoms with E-state index < -0.39 is 0 Å². The zero-order valence-electron chi connectivity index (χ0n) is 15.1. The second-order valence-corrected chi connectivity index (χ2v) is 7.47. The van der Waals surface area contributed by atoms with Gasteiger partial charge in [0.2, 0.25) is 5.91 Å². The molecule has 8 heteroatoms. The number of amides is 1. The molecular formula is C19H22FN3O3S. The third kappa shape index (κ3) is 4.56. The number of aliphatic hydroxyl groups is 1. The van der Waals surface area contributed by atoms with Gasteiger partial charge < -0.3 is 10.4 Å². The summed E-state index contributed by atoms with van der Waals surface area (Å²) >= 11 is 1.23. The molecule has 0 saturated heterocycles. The highest BCUT2D eigenvalue weighted by Gasteiger charge is 2.22. The summed E-state index contributed by atoms with van der Waals surface area (Å²) in [4.78, 5) is 28.7. The fourth-order valence-electron chi connectivity index (χ4n) is 3.17. The van der Waals surface area contributed by atoms with Gasteiger partial charge in [-0.3, -0.25) is 9.36 Å². The fraction of sp³-hybridized carbons (Fsp3) is 0.421. The number of carbonyl (C=O) groups is 1. The number of rotatable bonds is 7. The summed E-state index contributed by atoms with van der Waals surface area (Å²) in [5.74, 6) is -0.553. The van der Waals surface area contributed by atoms with Crippen LogP contribution in [0, 0.1) is 12.7 Å². The lowest BCUT2D eigenvalue weighted by Crippen LogP contribution is -2.28. The highest BCUT2D eigenvalue weighted by molar-refractivity contribution is 8.00. The van der Waals surface area contributed by atoms with Crippen LogP contribution in [0.1, 0.15) is 29.7 Å². The van der Waals surface area contributed by atoms with Gasteiger partial charge in [-0.05, 0) is 50.3 Å². The summed E-state index contributed by atoms with van der Waals surface area (Å²) in [6.45, 7) is 2.14. The number of hydrogen-bond acceptors (Lipinski definition) is 5. The predicted molar refractivity (Wildman–Crippen MR) is 103 cm³/mol. The van der Waals surface area contributed by atoms with Crippen molar-refractivity contribution in [1.82, 2.24) is 9.55 Å². The van der Waals surface area contributed by atoms with Gasteiger partial charge in [-0.25, -0.2) is 9.18 Å². The van der Waals surface area contributed by atoms with Crippen LogP contribution in [0.4, 0.5) is 10.1 Å². The lowest BCUT2D eigenvalue weighted by molar-refractivity contribution is -0.113. The molecule has 1 aliphatic carbocycles. The van der Waals surface area contributed by atoms with Gasteiger partial charge in [-0.1, -0.05) is 17.8 Å². The molecule has 2 N–H and O–H groups in total. The van der Waals surface area contributed by atoms with Crippen molar-refractivity contribution in [2.75, 3.05) is 17.7 Å². The molecule has 1 aromatic carbocycles. The number of nitrogens with zero attached hydrogens (tertiary/aromatic N) is 2. The van der Waals surface area contributed by atoms with Crippen LogP contribution < -0.4 is 11.0 Å². The Labute approximate surface area is 160 Å². The third-order valence-electron chi connectivity index (χ3n) is 4.54. The van der Waals surface area contributed by atoms with E-state index in [4.69, 9.17) is 5.11 Å². The summed E-state index contributed by atoms with van der Waals surface area (Å²) in [5, 5.41) is 12.3. The minimum absolute atomic E-state index is 0.0253. The van der Waals surface area contributed by atoms with Crippen molar-refractivity contribution in [3.05, 3.63) is 51.3 Å². The number of nitrogens with one attached hydrogen (secondary N) is 1. The van der Waals surface area contributed by atoms with Crippen molar-refractivity contribution in [2.24, 2.45) is 0 Å². The first-order valence-corrected chi connectivity index (χ1v) is 9.90. The van der Waals surface area contributed by atoms with Crippen LogP contribution in [0.2, 0.25) is 0 Å². The van der Waals surface area contributed by atoms with E-state index in [-0.39, 0.29) is 29.8 Å². The number of anilines is 1. The van der Waals surface area contributed by atoms with Crippen LogP contribution in [-0.2, 0) is 24.2 Å². The number of aliphatic hydroxyl groups excluding tert-OH is 1. The van der Waals surface area contributed by atoms with Gasteiger partial charge in [0.15, 0.2) is 0 Å². The van der Waals surface area contributed by atoms with E-state index in [0.717, 1.165) is 30.5 Å². The van der Waals surface area contributed by atoms with Crippen LogP contribution in [-0.4, -0.2) is 32.9 Å². The summed E-state index contributed by atoms with van der Waals surface area (Å²) in [6.07, 6.45) is 3.09. The second-order valence-electron chi connectivity index (χ2n) is 6.51. The Morgan fingerprint density at radius 3 is 2.96 bits per heavy atom. The topological polar surface area (TPSA) is 84.2 Å². The first kappa shape index (κ1) is 19.6. The Morgan fingerprint density at radius 1 is 1.41 bits per heavy atom. The number of aryl methyl sites for hydroxylation is 1. The molecule has 0 aliphatic heterocycles. The first-order valence-electron chi connectivity index (χ1n) is 8.92. The lowest BCUT2D eigenvalue weighted by atomic mass is 10.2. The molecule has 1 aliphatic rings. The largest absolute Gasteiger partial charge is 0.396 e. The molecule has 0 saturated carbocycles. The van der Waals surface area contributed by atoms with E-state index >= 15 is 0 Å². The number of thioether (sulfide) groups is 1. The number of aromatic nitrogens is 2. The Balaban J connectivity index is 1.70. The SMILES string of the molecule is Cc1ccc(NC(=O)CSc2nc(=O)n(CCCO)c3c2CCC3)cc1F. The molecule has 1 amide bonds. The van der Waals surface area contributed by atoms with Crippen LogP contribution in [0.5, 0.6) is 0 Å². The molecule has 1 heterocycles. The minimum atomic E-state index is -0.369. The maximum Gasteiger partial charge on any atom is 0.348 e. The second kappa shape index (κ2) is 8.67. The Hall–Kier alpha value is -2.19. The average Bonchev–Trinajstić information content (AvgIpc) is 3.12. The van der Waals surface area contributed by atoms with Crippen molar-refractivity contribution in [3.63, 3.8) is 0 Å². The van der Waals surface area contributed by atoms with E-state index in [1.807, 2.05) is 0 Å². The molecule has 27 heavy (non-hydrogen) atoms. The van der Waals surface area contributed by atoms with E-state index in [1.165, 1.54) is 17.8 Å². The highest BCUT2D eigenvalue weighted by atomic mass is 32.2. The predicted octanol–water partition coefficient (Wildman–Crippen LogP) is 2.29. The molecular weight excluding hydrogens is 369 g/mol. The maximum atomic E-state index is 13.6. The molecule has 0 fully saturated rings. The molecule has 1 aromatic heterocycles. The van der Waals surface area contributed by atoms with Crippen molar-refractivity contribution in [1.29, 1.82) is 0 Å².